The molecule has 0 aromatic carbocycles. The molecule has 7 heteroatoms. The first-order valence-electron chi connectivity index (χ1n) is 5.60. The van der Waals surface area contributed by atoms with E-state index in [1.54, 1.807) is 23.1 Å². The molecule has 6 nitrogen and oxygen atoms in total. The third-order valence-corrected chi connectivity index (χ3v) is 2.81. The van der Waals surface area contributed by atoms with Gasteiger partial charge in [0.05, 0.1) is 17.9 Å². The van der Waals surface area contributed by atoms with Crippen LogP contribution in [0.4, 0.5) is 0 Å². The molecule has 0 aliphatic rings. The normalized spacial score (nSPS) is 10.8. The van der Waals surface area contributed by atoms with Crippen molar-refractivity contribution in [3.63, 3.8) is 0 Å². The third kappa shape index (κ3) is 2.48. The van der Waals surface area contributed by atoms with Gasteiger partial charge in [-0.1, -0.05) is 11.6 Å². The van der Waals surface area contributed by atoms with E-state index in [0.29, 0.717) is 28.7 Å². The molecule has 3 aromatic rings. The van der Waals surface area contributed by atoms with E-state index in [1.807, 2.05) is 13.2 Å². The third-order valence-electron chi connectivity index (χ3n) is 2.54. The molecule has 96 valence electrons. The van der Waals surface area contributed by atoms with Crippen molar-refractivity contribution in [3.05, 3.63) is 41.6 Å². The maximum atomic E-state index is 5.92. The summed E-state index contributed by atoms with van der Waals surface area (Å²) in [6.45, 7) is 0.396. The van der Waals surface area contributed by atoms with Crippen LogP contribution in [0.2, 0.25) is 5.15 Å². The number of rotatable bonds is 3. The van der Waals surface area contributed by atoms with E-state index >= 15 is 0 Å². The van der Waals surface area contributed by atoms with Crippen molar-refractivity contribution in [1.82, 2.24) is 24.7 Å². The molecule has 0 bridgehead atoms. The number of hydrogen-bond acceptors (Lipinski definition) is 5. The summed E-state index contributed by atoms with van der Waals surface area (Å²) in [4.78, 5) is 12.5. The van der Waals surface area contributed by atoms with Gasteiger partial charge >= 0.3 is 0 Å². The lowest BCUT2D eigenvalue weighted by molar-refractivity contribution is 0.293. The highest BCUT2D eigenvalue weighted by molar-refractivity contribution is 6.33. The number of ether oxygens (including phenoxy) is 1. The molecule has 0 unspecified atom stereocenters. The molecule has 3 rings (SSSR count). The Balaban J connectivity index is 1.82. The smallest absolute Gasteiger partial charge is 0.233 e. The van der Waals surface area contributed by atoms with E-state index in [9.17, 15) is 0 Å². The molecule has 3 aromatic heterocycles. The minimum Gasteiger partial charge on any atom is -0.472 e. The van der Waals surface area contributed by atoms with Crippen LogP contribution >= 0.6 is 11.6 Å². The van der Waals surface area contributed by atoms with Gasteiger partial charge in [0.15, 0.2) is 5.15 Å². The van der Waals surface area contributed by atoms with Gasteiger partial charge in [-0.25, -0.2) is 15.0 Å². The van der Waals surface area contributed by atoms with Gasteiger partial charge in [0.2, 0.25) is 5.88 Å². The van der Waals surface area contributed by atoms with E-state index in [-0.39, 0.29) is 0 Å². The fourth-order valence-electron chi connectivity index (χ4n) is 1.67. The minimum absolute atomic E-state index is 0.337. The van der Waals surface area contributed by atoms with Gasteiger partial charge in [0.1, 0.15) is 12.1 Å². The molecular weight excluding hydrogens is 266 g/mol. The molecule has 0 saturated heterocycles. The van der Waals surface area contributed by atoms with Crippen molar-refractivity contribution in [1.29, 1.82) is 0 Å². The van der Waals surface area contributed by atoms with Gasteiger partial charge < -0.3 is 4.74 Å². The summed E-state index contributed by atoms with van der Waals surface area (Å²) >= 11 is 5.92. The van der Waals surface area contributed by atoms with Crippen molar-refractivity contribution in [2.24, 2.45) is 7.05 Å². The molecule has 0 aliphatic carbocycles. The first kappa shape index (κ1) is 11.9. The number of fused-ring (bicyclic) bond motifs is 1. The zero-order valence-electron chi connectivity index (χ0n) is 10.1. The topological polar surface area (TPSA) is 65.7 Å². The molecule has 19 heavy (non-hydrogen) atoms. The van der Waals surface area contributed by atoms with Crippen LogP contribution in [-0.4, -0.2) is 24.7 Å². The Kier molecular flexibility index (Phi) is 3.00. The summed E-state index contributed by atoms with van der Waals surface area (Å²) < 4.78 is 7.28. The van der Waals surface area contributed by atoms with Gasteiger partial charge in [-0.05, 0) is 6.07 Å². The Bertz CT molecular complexity index is 727. The van der Waals surface area contributed by atoms with Gasteiger partial charge in [-0.3, -0.25) is 4.68 Å². The number of aromatic nitrogens is 5. The van der Waals surface area contributed by atoms with Crippen LogP contribution in [0.25, 0.3) is 11.0 Å². The molecule has 0 amide bonds. The van der Waals surface area contributed by atoms with E-state index in [1.165, 1.54) is 6.20 Å². The molecule has 3 heterocycles. The van der Waals surface area contributed by atoms with Crippen LogP contribution in [-0.2, 0) is 13.7 Å². The maximum Gasteiger partial charge on any atom is 0.233 e. The quantitative estimate of drug-likeness (QED) is 0.684. The fourth-order valence-corrected chi connectivity index (χ4v) is 1.87. The minimum atomic E-state index is 0.337. The predicted octanol–water partition coefficient (Wildman–Crippen LogP) is 1.99. The summed E-state index contributed by atoms with van der Waals surface area (Å²) in [6, 6.07) is 1.74. The van der Waals surface area contributed by atoms with E-state index in [4.69, 9.17) is 16.3 Å². The average molecular weight is 276 g/mol. The van der Waals surface area contributed by atoms with Gasteiger partial charge in [0.25, 0.3) is 0 Å². The molecule has 0 atom stereocenters. The van der Waals surface area contributed by atoms with Crippen molar-refractivity contribution in [2.75, 3.05) is 0 Å². The Labute approximate surface area is 114 Å². The summed E-state index contributed by atoms with van der Waals surface area (Å²) in [5, 5.41) is 4.40. The summed E-state index contributed by atoms with van der Waals surface area (Å²) in [5.74, 6) is 0.443. The lowest BCUT2D eigenvalue weighted by Gasteiger charge is -2.04. The van der Waals surface area contributed by atoms with Crippen LogP contribution in [0.3, 0.4) is 0 Å². The first-order valence-corrected chi connectivity index (χ1v) is 5.98. The highest BCUT2D eigenvalue weighted by atomic mass is 35.5. The van der Waals surface area contributed by atoms with Gasteiger partial charge in [0, 0.05) is 25.0 Å². The van der Waals surface area contributed by atoms with E-state index in [0.717, 1.165) is 5.56 Å². The highest BCUT2D eigenvalue weighted by Crippen LogP contribution is 2.19. The van der Waals surface area contributed by atoms with Crippen molar-refractivity contribution in [2.45, 2.75) is 6.61 Å². The Hall–Kier alpha value is -2.21. The van der Waals surface area contributed by atoms with Gasteiger partial charge in [-0.15, -0.1) is 0 Å². The summed E-state index contributed by atoms with van der Waals surface area (Å²) in [5.41, 5.74) is 2.19. The second-order valence-corrected chi connectivity index (χ2v) is 4.35. The van der Waals surface area contributed by atoms with E-state index in [2.05, 4.69) is 20.1 Å². The van der Waals surface area contributed by atoms with Crippen LogP contribution in [0, 0.1) is 0 Å². The summed E-state index contributed by atoms with van der Waals surface area (Å²) in [6.07, 6.45) is 6.75. The zero-order chi connectivity index (χ0) is 13.2. The number of halogens is 1. The number of aryl methyl sites for hydroxylation is 1. The average Bonchev–Trinajstić information content (AvgIpc) is 2.82. The molecular formula is C12H10ClN5O. The van der Waals surface area contributed by atoms with E-state index < -0.39 is 0 Å². The van der Waals surface area contributed by atoms with Gasteiger partial charge in [-0.2, -0.15) is 5.10 Å². The van der Waals surface area contributed by atoms with Crippen LogP contribution in [0.1, 0.15) is 5.56 Å². The Morgan fingerprint density at radius 3 is 3.00 bits per heavy atom. The highest BCUT2D eigenvalue weighted by Gasteiger charge is 2.05. The maximum absolute atomic E-state index is 5.92. The predicted molar refractivity (Wildman–Crippen MR) is 69.9 cm³/mol. The molecule has 0 N–H and O–H groups in total. The second-order valence-electron chi connectivity index (χ2n) is 3.99. The van der Waals surface area contributed by atoms with Crippen LogP contribution in [0.15, 0.2) is 30.9 Å². The monoisotopic (exact) mass is 275 g/mol. The molecule has 0 radical (unpaired) electrons. The second kappa shape index (κ2) is 4.81. The Morgan fingerprint density at radius 2 is 2.21 bits per heavy atom. The molecule has 0 aliphatic heterocycles. The first-order chi connectivity index (χ1) is 9.22. The molecule has 0 spiro atoms. The fraction of sp³-hybridized carbons (Fsp3) is 0.167. The number of pyridine rings is 1. The lowest BCUT2D eigenvalue weighted by atomic mass is 10.4. The largest absolute Gasteiger partial charge is 0.472 e. The van der Waals surface area contributed by atoms with Crippen molar-refractivity contribution >= 4 is 22.6 Å². The molecule has 0 saturated carbocycles. The Morgan fingerprint density at radius 1 is 1.32 bits per heavy atom. The SMILES string of the molecule is Cn1cc(COc2cnc3c(Cl)nccc3n2)cn1. The standard InChI is InChI=1S/C12H10ClN5O/c1-18-6-8(4-16-18)7-19-10-5-15-11-9(17-10)2-3-14-12(11)13/h2-6H,7H2,1H3. The number of hydrogen-bond donors (Lipinski definition) is 0. The number of nitrogens with zero attached hydrogens (tertiary/aromatic N) is 5. The summed E-state index contributed by atoms with van der Waals surface area (Å²) in [7, 11) is 1.86. The van der Waals surface area contributed by atoms with Crippen LogP contribution in [0.5, 0.6) is 5.88 Å². The lowest BCUT2D eigenvalue weighted by Crippen LogP contribution is -1.98. The zero-order valence-corrected chi connectivity index (χ0v) is 10.9. The van der Waals surface area contributed by atoms with Crippen LogP contribution < -0.4 is 4.74 Å². The molecule has 0 fully saturated rings. The van der Waals surface area contributed by atoms with Crippen molar-refractivity contribution in [3.8, 4) is 5.88 Å². The van der Waals surface area contributed by atoms with Crippen molar-refractivity contribution < 1.29 is 4.74 Å².